The first-order valence-electron chi connectivity index (χ1n) is 14.0. The minimum absolute atomic E-state index is 0.0838. The van der Waals surface area contributed by atoms with Crippen LogP contribution in [0.15, 0.2) is 79.0 Å². The van der Waals surface area contributed by atoms with Crippen LogP contribution in [0.25, 0.3) is 5.82 Å². The molecule has 208 valence electrons. The van der Waals surface area contributed by atoms with Crippen molar-refractivity contribution in [3.63, 3.8) is 0 Å². The fourth-order valence-corrected chi connectivity index (χ4v) is 5.81. The van der Waals surface area contributed by atoms with Crippen molar-refractivity contribution in [1.82, 2.24) is 19.8 Å². The van der Waals surface area contributed by atoms with Crippen LogP contribution >= 0.6 is 0 Å². The Labute approximate surface area is 236 Å². The molecule has 0 unspecified atom stereocenters. The van der Waals surface area contributed by atoms with E-state index in [9.17, 15) is 9.90 Å². The Kier molecular flexibility index (Phi) is 8.33. The number of nitrogens with one attached hydrogen (secondary N) is 1. The number of nitrogens with two attached hydrogens (primary N) is 1. The van der Waals surface area contributed by atoms with Crippen LogP contribution in [-0.4, -0.2) is 44.2 Å². The molecule has 5 rings (SSSR count). The van der Waals surface area contributed by atoms with Gasteiger partial charge in [0, 0.05) is 48.3 Å². The number of aromatic nitrogens is 2. The Morgan fingerprint density at radius 1 is 1.02 bits per heavy atom. The Bertz CT molecular complexity index is 1420. The molecule has 40 heavy (non-hydrogen) atoms. The number of aryl methyl sites for hydroxylation is 2. The molecule has 0 saturated heterocycles. The lowest BCUT2D eigenvalue weighted by Crippen LogP contribution is -2.43. The summed E-state index contributed by atoms with van der Waals surface area (Å²) in [5, 5.41) is 14.2. The smallest absolute Gasteiger partial charge is 0.315 e. The molecule has 0 fully saturated rings. The fraction of sp³-hybridized carbons (Fsp3) is 0.333. The number of hydrogen-bond acceptors (Lipinski definition) is 4. The number of urea groups is 1. The largest absolute Gasteiger partial charge is 0.387 e. The number of aliphatic hydroxyl groups excluding tert-OH is 1. The Morgan fingerprint density at radius 3 is 2.33 bits per heavy atom. The number of primary amides is 1. The molecule has 2 amide bonds. The number of nitrogens with zero attached hydrogens (tertiary/aromatic N) is 3. The van der Waals surface area contributed by atoms with E-state index in [1.54, 1.807) is 11.1 Å². The normalized spacial score (nSPS) is 14.6. The van der Waals surface area contributed by atoms with E-state index in [4.69, 9.17) is 5.73 Å². The molecule has 2 heterocycles. The van der Waals surface area contributed by atoms with Crippen LogP contribution in [0, 0.1) is 13.8 Å². The van der Waals surface area contributed by atoms with Gasteiger partial charge in [0.15, 0.2) is 0 Å². The van der Waals surface area contributed by atoms with E-state index in [1.165, 1.54) is 16.7 Å². The summed E-state index contributed by atoms with van der Waals surface area (Å²) >= 11 is 0. The molecule has 0 saturated carbocycles. The van der Waals surface area contributed by atoms with Gasteiger partial charge in [-0.05, 0) is 80.5 Å². The second kappa shape index (κ2) is 12.1. The molecule has 7 nitrogen and oxygen atoms in total. The van der Waals surface area contributed by atoms with Gasteiger partial charge >= 0.3 is 6.03 Å². The Balaban J connectivity index is 1.15. The number of benzene rings is 2. The zero-order valence-electron chi connectivity index (χ0n) is 23.5. The lowest BCUT2D eigenvalue weighted by Gasteiger charge is -2.27. The summed E-state index contributed by atoms with van der Waals surface area (Å²) in [6.45, 7) is 7.15. The summed E-state index contributed by atoms with van der Waals surface area (Å²) in [6, 6.07) is 24.6. The van der Waals surface area contributed by atoms with Crippen molar-refractivity contribution in [2.75, 3.05) is 6.54 Å². The number of aliphatic hydroxyl groups is 1. The Morgan fingerprint density at radius 2 is 1.70 bits per heavy atom. The maximum Gasteiger partial charge on any atom is 0.315 e. The minimum Gasteiger partial charge on any atom is -0.387 e. The molecule has 7 heteroatoms. The molecule has 4 N–H and O–H groups in total. The molecule has 2 atom stereocenters. The minimum atomic E-state index is -0.651. The first-order valence-corrected chi connectivity index (χ1v) is 14.0. The zero-order chi connectivity index (χ0) is 28.2. The number of pyridine rings is 1. The quantitative estimate of drug-likeness (QED) is 0.271. The monoisotopic (exact) mass is 537 g/mol. The van der Waals surface area contributed by atoms with Crippen molar-refractivity contribution in [3.05, 3.63) is 118 Å². The molecule has 0 bridgehead atoms. The van der Waals surface area contributed by atoms with E-state index < -0.39 is 6.10 Å². The maximum atomic E-state index is 12.4. The number of rotatable bonds is 10. The van der Waals surface area contributed by atoms with Crippen LogP contribution in [0.3, 0.4) is 0 Å². The van der Waals surface area contributed by atoms with Gasteiger partial charge in [-0.15, -0.1) is 0 Å². The van der Waals surface area contributed by atoms with Crippen molar-refractivity contribution < 1.29 is 9.90 Å². The van der Waals surface area contributed by atoms with Crippen molar-refractivity contribution in [2.45, 2.75) is 64.8 Å². The molecule has 0 aliphatic heterocycles. The highest BCUT2D eigenvalue weighted by Gasteiger charge is 2.28. The number of hydrogen-bond donors (Lipinski definition) is 3. The third-order valence-electron chi connectivity index (χ3n) is 7.95. The molecule has 1 aliphatic rings. The van der Waals surface area contributed by atoms with Gasteiger partial charge in [-0.2, -0.15) is 0 Å². The van der Waals surface area contributed by atoms with Gasteiger partial charge in [-0.3, -0.25) is 0 Å². The summed E-state index contributed by atoms with van der Waals surface area (Å²) < 4.78 is 2.10. The van der Waals surface area contributed by atoms with Gasteiger partial charge in [-0.25, -0.2) is 9.78 Å². The highest BCUT2D eigenvalue weighted by atomic mass is 16.3. The average molecular weight is 538 g/mol. The standard InChI is InChI=1S/C33H39N5O2/c1-22(35-20-31(39)29-13-14-32(36-19-29)38-23(2)11-12-24(38)3)15-25-7-6-8-26(16-25)21-37(33(34)40)30-17-27-9-4-5-10-28(27)18-30/h4-14,16,19,22,30-31,35,39H,15,17-18,20-21H2,1-3H3,(H2,34,40)/t22-,31-/m1/s1. The van der Waals surface area contributed by atoms with Crippen molar-refractivity contribution >= 4 is 6.03 Å². The van der Waals surface area contributed by atoms with Gasteiger partial charge in [0.05, 0.1) is 6.10 Å². The first kappa shape index (κ1) is 27.6. The molecule has 2 aromatic carbocycles. The summed E-state index contributed by atoms with van der Waals surface area (Å²) in [5.41, 5.74) is 13.7. The van der Waals surface area contributed by atoms with Gasteiger partial charge in [0.2, 0.25) is 0 Å². The topological polar surface area (TPSA) is 96.4 Å². The van der Waals surface area contributed by atoms with Crippen LogP contribution in [0.1, 0.15) is 52.2 Å². The summed E-state index contributed by atoms with van der Waals surface area (Å²) in [4.78, 5) is 18.8. The zero-order valence-corrected chi connectivity index (χ0v) is 23.5. The van der Waals surface area contributed by atoms with Crippen molar-refractivity contribution in [3.8, 4) is 5.82 Å². The molecular formula is C33H39N5O2. The molecular weight excluding hydrogens is 498 g/mol. The Hall–Kier alpha value is -3.94. The molecule has 0 radical (unpaired) electrons. The SMILES string of the molecule is Cc1ccc(C)n1-c1ccc([C@H](O)CN[C@H](C)Cc2cccc(CN(C(N)=O)C3Cc4ccccc4C3)c2)cn1. The summed E-state index contributed by atoms with van der Waals surface area (Å²) in [7, 11) is 0. The van der Waals surface area contributed by atoms with Gasteiger partial charge in [0.25, 0.3) is 0 Å². The second-order valence-corrected chi connectivity index (χ2v) is 11.0. The first-order chi connectivity index (χ1) is 19.3. The highest BCUT2D eigenvalue weighted by Crippen LogP contribution is 2.27. The average Bonchev–Trinajstić information content (AvgIpc) is 3.52. The van der Waals surface area contributed by atoms with Crippen molar-refractivity contribution in [1.29, 1.82) is 0 Å². The van der Waals surface area contributed by atoms with E-state index in [-0.39, 0.29) is 18.1 Å². The number of fused-ring (bicyclic) bond motifs is 1. The maximum absolute atomic E-state index is 12.4. The van der Waals surface area contributed by atoms with Crippen LogP contribution < -0.4 is 11.1 Å². The van der Waals surface area contributed by atoms with E-state index in [1.807, 2.05) is 30.3 Å². The third kappa shape index (κ3) is 6.27. The third-order valence-corrected chi connectivity index (χ3v) is 7.95. The lowest BCUT2D eigenvalue weighted by atomic mass is 10.0. The molecule has 1 aliphatic carbocycles. The van der Waals surface area contributed by atoms with E-state index in [2.05, 4.69) is 78.1 Å². The second-order valence-electron chi connectivity index (χ2n) is 11.0. The van der Waals surface area contributed by atoms with Crippen LogP contribution in [-0.2, 0) is 25.8 Å². The summed E-state index contributed by atoms with van der Waals surface area (Å²) in [6.07, 6.45) is 3.58. The van der Waals surface area contributed by atoms with Crippen LogP contribution in [0.5, 0.6) is 0 Å². The van der Waals surface area contributed by atoms with Gasteiger partial charge in [-0.1, -0.05) is 54.6 Å². The fourth-order valence-electron chi connectivity index (χ4n) is 5.81. The highest BCUT2D eigenvalue weighted by molar-refractivity contribution is 5.72. The predicted octanol–water partition coefficient (Wildman–Crippen LogP) is 4.79. The molecule has 2 aromatic heterocycles. The predicted molar refractivity (Wildman–Crippen MR) is 158 cm³/mol. The van der Waals surface area contributed by atoms with Gasteiger partial charge in [0.1, 0.15) is 5.82 Å². The van der Waals surface area contributed by atoms with Gasteiger partial charge < -0.3 is 25.6 Å². The van der Waals surface area contributed by atoms with Crippen LogP contribution in [0.4, 0.5) is 4.79 Å². The van der Waals surface area contributed by atoms with E-state index in [0.717, 1.165) is 47.6 Å². The number of carbonyl (C=O) groups is 1. The number of amides is 2. The van der Waals surface area contributed by atoms with E-state index >= 15 is 0 Å². The van der Waals surface area contributed by atoms with Crippen LogP contribution in [0.2, 0.25) is 0 Å². The molecule has 0 spiro atoms. The molecule has 4 aromatic rings. The van der Waals surface area contributed by atoms with Crippen molar-refractivity contribution in [2.24, 2.45) is 5.73 Å². The number of carbonyl (C=O) groups excluding carboxylic acids is 1. The lowest BCUT2D eigenvalue weighted by molar-refractivity contribution is 0.170. The van der Waals surface area contributed by atoms with E-state index in [0.29, 0.717) is 13.1 Å². The summed E-state index contributed by atoms with van der Waals surface area (Å²) in [5.74, 6) is 0.851.